The molecule has 0 aromatic rings. The van der Waals surface area contributed by atoms with Gasteiger partial charge in [0.2, 0.25) is 0 Å². The highest BCUT2D eigenvalue weighted by Gasteiger charge is 2.64. The lowest BCUT2D eigenvalue weighted by molar-refractivity contribution is -0.227. The van der Waals surface area contributed by atoms with E-state index in [-0.39, 0.29) is 12.5 Å². The quantitative estimate of drug-likeness (QED) is 0.833. The average molecular weight is 295 g/mol. The summed E-state index contributed by atoms with van der Waals surface area (Å²) < 4.78 is 44.3. The van der Waals surface area contributed by atoms with E-state index in [1.807, 2.05) is 0 Å². The Labute approximate surface area is 113 Å². The summed E-state index contributed by atoms with van der Waals surface area (Å²) in [5.41, 5.74) is -2.86. The Morgan fingerprint density at radius 3 is 2.45 bits per heavy atom. The minimum atomic E-state index is -4.88. The minimum Gasteiger partial charge on any atom is -0.481 e. The summed E-state index contributed by atoms with van der Waals surface area (Å²) in [6.07, 6.45) is -5.57. The molecule has 2 heterocycles. The van der Waals surface area contributed by atoms with Crippen molar-refractivity contribution >= 4 is 11.9 Å². The number of halogens is 3. The molecule has 3 atom stereocenters. The van der Waals surface area contributed by atoms with Gasteiger partial charge in [-0.1, -0.05) is 6.92 Å². The van der Waals surface area contributed by atoms with Crippen LogP contribution in [0.1, 0.15) is 19.8 Å². The van der Waals surface area contributed by atoms with Crippen LogP contribution >= 0.6 is 0 Å². The van der Waals surface area contributed by atoms with Crippen molar-refractivity contribution in [2.45, 2.75) is 32.0 Å². The number of carbonyl (C=O) groups excluding carboxylic acids is 1. The van der Waals surface area contributed by atoms with E-state index in [1.165, 1.54) is 0 Å². The molecule has 1 N–H and O–H groups in total. The van der Waals surface area contributed by atoms with Crippen molar-refractivity contribution in [2.75, 3.05) is 19.7 Å². The third-order valence-electron chi connectivity index (χ3n) is 4.16. The van der Waals surface area contributed by atoms with Gasteiger partial charge < -0.3 is 14.7 Å². The van der Waals surface area contributed by atoms with Gasteiger partial charge in [0.05, 0.1) is 0 Å². The Bertz CT molecular complexity index is 425. The van der Waals surface area contributed by atoms with E-state index in [2.05, 4.69) is 0 Å². The van der Waals surface area contributed by atoms with Gasteiger partial charge >= 0.3 is 12.1 Å². The van der Waals surface area contributed by atoms with Crippen LogP contribution in [-0.2, 0) is 14.3 Å². The second kappa shape index (κ2) is 4.91. The SMILES string of the molecule is CC1CCOC1C(=O)N1CCC(C(=O)O)(C(F)(F)F)C1. The Morgan fingerprint density at radius 1 is 1.40 bits per heavy atom. The molecule has 0 saturated carbocycles. The molecule has 0 aromatic heterocycles. The maximum atomic E-state index is 13.0. The summed E-state index contributed by atoms with van der Waals surface area (Å²) in [5, 5.41) is 8.93. The normalized spacial score (nSPS) is 34.5. The second-order valence-electron chi connectivity index (χ2n) is 5.45. The van der Waals surface area contributed by atoms with Gasteiger partial charge in [-0.25, -0.2) is 0 Å². The van der Waals surface area contributed by atoms with Crippen LogP contribution < -0.4 is 0 Å². The molecule has 0 aliphatic carbocycles. The molecule has 1 amide bonds. The van der Waals surface area contributed by atoms with Crippen LogP contribution in [0, 0.1) is 11.3 Å². The fraction of sp³-hybridized carbons (Fsp3) is 0.833. The van der Waals surface area contributed by atoms with Crippen LogP contribution in [0.3, 0.4) is 0 Å². The molecule has 114 valence electrons. The van der Waals surface area contributed by atoms with Crippen LogP contribution in [0.4, 0.5) is 13.2 Å². The molecule has 2 rings (SSSR count). The summed E-state index contributed by atoms with van der Waals surface area (Å²) in [7, 11) is 0. The Balaban J connectivity index is 2.15. The van der Waals surface area contributed by atoms with E-state index in [0.717, 1.165) is 4.90 Å². The van der Waals surface area contributed by atoms with Crippen molar-refractivity contribution in [3.8, 4) is 0 Å². The number of hydrogen-bond acceptors (Lipinski definition) is 3. The van der Waals surface area contributed by atoms with Gasteiger partial charge in [0.25, 0.3) is 5.91 Å². The summed E-state index contributed by atoms with van der Waals surface area (Å²) in [4.78, 5) is 24.1. The lowest BCUT2D eigenvalue weighted by Crippen LogP contribution is -2.49. The van der Waals surface area contributed by atoms with Crippen LogP contribution in [0.2, 0.25) is 0 Å². The Hall–Kier alpha value is -1.31. The number of nitrogens with zero attached hydrogens (tertiary/aromatic N) is 1. The van der Waals surface area contributed by atoms with E-state index in [1.54, 1.807) is 6.92 Å². The summed E-state index contributed by atoms with van der Waals surface area (Å²) >= 11 is 0. The van der Waals surface area contributed by atoms with E-state index in [0.29, 0.717) is 13.0 Å². The minimum absolute atomic E-state index is 0.0618. The van der Waals surface area contributed by atoms with Crippen LogP contribution in [0.15, 0.2) is 0 Å². The largest absolute Gasteiger partial charge is 0.481 e. The van der Waals surface area contributed by atoms with Gasteiger partial charge in [0.15, 0.2) is 5.41 Å². The van der Waals surface area contributed by atoms with Gasteiger partial charge in [-0.05, 0) is 18.8 Å². The number of aliphatic carboxylic acids is 1. The number of rotatable bonds is 2. The highest BCUT2D eigenvalue weighted by Crippen LogP contribution is 2.46. The first-order valence-corrected chi connectivity index (χ1v) is 6.39. The Morgan fingerprint density at radius 2 is 2.05 bits per heavy atom. The van der Waals surface area contributed by atoms with Crippen LogP contribution in [0.5, 0.6) is 0 Å². The Kier molecular flexibility index (Phi) is 3.70. The second-order valence-corrected chi connectivity index (χ2v) is 5.45. The molecule has 2 saturated heterocycles. The number of ether oxygens (including phenoxy) is 1. The number of carboxylic acid groups (broad SMARTS) is 1. The molecular formula is C12H16F3NO4. The summed E-state index contributed by atoms with van der Waals surface area (Å²) in [5.74, 6) is -2.53. The topological polar surface area (TPSA) is 66.8 Å². The predicted molar refractivity (Wildman–Crippen MR) is 60.8 cm³/mol. The van der Waals surface area contributed by atoms with Gasteiger partial charge in [-0.15, -0.1) is 0 Å². The molecule has 0 aromatic carbocycles. The smallest absolute Gasteiger partial charge is 0.406 e. The molecule has 2 aliphatic rings. The molecule has 2 fully saturated rings. The molecule has 20 heavy (non-hydrogen) atoms. The lowest BCUT2D eigenvalue weighted by atomic mass is 9.86. The van der Waals surface area contributed by atoms with Crippen molar-refractivity contribution in [1.82, 2.24) is 4.90 Å². The zero-order valence-electron chi connectivity index (χ0n) is 10.9. The molecule has 2 aliphatic heterocycles. The molecule has 8 heteroatoms. The summed E-state index contributed by atoms with van der Waals surface area (Å²) in [6, 6.07) is 0. The average Bonchev–Trinajstić information content (AvgIpc) is 2.93. The number of likely N-dealkylation sites (tertiary alicyclic amines) is 1. The molecular weight excluding hydrogens is 279 g/mol. The first-order chi connectivity index (χ1) is 9.19. The van der Waals surface area contributed by atoms with E-state index >= 15 is 0 Å². The van der Waals surface area contributed by atoms with Crippen molar-refractivity contribution < 1.29 is 32.6 Å². The third-order valence-corrected chi connectivity index (χ3v) is 4.16. The lowest BCUT2D eigenvalue weighted by Gasteiger charge is -2.28. The van der Waals surface area contributed by atoms with Gasteiger partial charge in [0, 0.05) is 19.7 Å². The van der Waals surface area contributed by atoms with Crippen molar-refractivity contribution in [1.29, 1.82) is 0 Å². The van der Waals surface area contributed by atoms with Crippen molar-refractivity contribution in [2.24, 2.45) is 11.3 Å². The number of hydrogen-bond donors (Lipinski definition) is 1. The van der Waals surface area contributed by atoms with Crippen molar-refractivity contribution in [3.05, 3.63) is 0 Å². The van der Waals surface area contributed by atoms with Gasteiger partial charge in [0.1, 0.15) is 6.10 Å². The first kappa shape index (κ1) is 15.1. The number of amides is 1. The zero-order valence-corrected chi connectivity index (χ0v) is 10.9. The third kappa shape index (κ3) is 2.25. The highest BCUT2D eigenvalue weighted by atomic mass is 19.4. The fourth-order valence-corrected chi connectivity index (χ4v) is 2.72. The predicted octanol–water partition coefficient (Wildman–Crippen LogP) is 1.28. The fourth-order valence-electron chi connectivity index (χ4n) is 2.72. The standard InChI is InChI=1S/C12H16F3NO4/c1-7-2-5-20-8(7)9(17)16-4-3-11(6-16,10(18)19)12(13,14)15/h7-8H,2-6H2,1H3,(H,18,19). The maximum Gasteiger partial charge on any atom is 0.406 e. The van der Waals surface area contributed by atoms with Crippen LogP contribution in [-0.4, -0.2) is 53.9 Å². The molecule has 5 nitrogen and oxygen atoms in total. The molecule has 3 unspecified atom stereocenters. The van der Waals surface area contributed by atoms with E-state index in [4.69, 9.17) is 9.84 Å². The van der Waals surface area contributed by atoms with Gasteiger partial charge in [-0.3, -0.25) is 9.59 Å². The number of carboxylic acids is 1. The maximum absolute atomic E-state index is 13.0. The first-order valence-electron chi connectivity index (χ1n) is 6.39. The van der Waals surface area contributed by atoms with E-state index < -0.39 is 42.5 Å². The van der Waals surface area contributed by atoms with Gasteiger partial charge in [-0.2, -0.15) is 13.2 Å². The zero-order chi connectivity index (χ0) is 15.1. The highest BCUT2D eigenvalue weighted by molar-refractivity contribution is 5.84. The number of alkyl halides is 3. The molecule has 0 spiro atoms. The van der Waals surface area contributed by atoms with Crippen LogP contribution in [0.25, 0.3) is 0 Å². The molecule has 0 bridgehead atoms. The summed E-state index contributed by atoms with van der Waals surface area (Å²) in [6.45, 7) is 1.14. The monoisotopic (exact) mass is 295 g/mol. The number of carbonyl (C=O) groups is 2. The van der Waals surface area contributed by atoms with Crippen molar-refractivity contribution in [3.63, 3.8) is 0 Å². The van der Waals surface area contributed by atoms with E-state index in [9.17, 15) is 22.8 Å². The molecule has 0 radical (unpaired) electrons.